The van der Waals surface area contributed by atoms with Gasteiger partial charge in [-0.1, -0.05) is 55.9 Å². The second kappa shape index (κ2) is 6.13. The molecule has 1 aliphatic heterocycles. The Labute approximate surface area is 163 Å². The van der Waals surface area contributed by atoms with Crippen molar-refractivity contribution in [2.24, 2.45) is 10.8 Å². The number of hydrogen-bond acceptors (Lipinski definition) is 4. The van der Waals surface area contributed by atoms with Gasteiger partial charge >= 0.3 is 5.97 Å². The monoisotopic (exact) mass is 381 g/mol. The molecule has 4 nitrogen and oxygen atoms in total. The predicted molar refractivity (Wildman–Crippen MR) is 106 cm³/mol. The van der Waals surface area contributed by atoms with E-state index < -0.39 is 16.4 Å². The Kier molecular flexibility index (Phi) is 4.11. The van der Waals surface area contributed by atoms with Crippen LogP contribution in [0.3, 0.4) is 0 Å². The maximum atomic E-state index is 13.3. The fourth-order valence-corrected chi connectivity index (χ4v) is 5.17. The van der Waals surface area contributed by atoms with E-state index in [-0.39, 0.29) is 11.9 Å². The highest BCUT2D eigenvalue weighted by Gasteiger charge is 2.75. The molecule has 1 N–H and O–H groups in total. The van der Waals surface area contributed by atoms with Crippen LogP contribution in [-0.2, 0) is 14.3 Å². The first-order chi connectivity index (χ1) is 12.8. The zero-order valence-electron chi connectivity index (χ0n) is 15.7. The number of fused-ring (bicyclic) bond motifs is 2. The largest absolute Gasteiger partial charge is 0.448 e. The Morgan fingerprint density at radius 1 is 1.00 bits per heavy atom. The smallest absolute Gasteiger partial charge is 0.313 e. The van der Waals surface area contributed by atoms with E-state index >= 15 is 0 Å². The van der Waals surface area contributed by atoms with Crippen molar-refractivity contribution in [2.45, 2.75) is 49.0 Å². The minimum atomic E-state index is -1.11. The number of benzene rings is 2. The molecule has 0 radical (unpaired) electrons. The lowest BCUT2D eigenvalue weighted by atomic mass is 9.66. The molecule has 5 heteroatoms. The summed E-state index contributed by atoms with van der Waals surface area (Å²) in [6.45, 7) is 5.85. The van der Waals surface area contributed by atoms with Gasteiger partial charge in [0.1, 0.15) is 0 Å². The lowest BCUT2D eigenvalue weighted by molar-refractivity contribution is -0.165. The molecule has 1 saturated carbocycles. The van der Waals surface area contributed by atoms with Gasteiger partial charge in [-0.3, -0.25) is 9.59 Å². The van der Waals surface area contributed by atoms with Gasteiger partial charge in [0.15, 0.2) is 5.60 Å². The molecular formula is C22H23NO3S. The number of rotatable bonds is 4. The van der Waals surface area contributed by atoms with Gasteiger partial charge in [0.25, 0.3) is 5.91 Å². The molecule has 2 unspecified atom stereocenters. The van der Waals surface area contributed by atoms with Gasteiger partial charge in [-0.05, 0) is 44.0 Å². The topological polar surface area (TPSA) is 55.4 Å². The van der Waals surface area contributed by atoms with Crippen LogP contribution in [-0.4, -0.2) is 17.5 Å². The Bertz CT molecular complexity index is 911. The number of para-hydroxylation sites is 1. The molecule has 2 atom stereocenters. The molecule has 140 valence electrons. The van der Waals surface area contributed by atoms with E-state index in [1.54, 1.807) is 11.8 Å². The summed E-state index contributed by atoms with van der Waals surface area (Å²) in [6, 6.07) is 17.7. The molecule has 2 bridgehead atoms. The van der Waals surface area contributed by atoms with E-state index in [4.69, 9.17) is 4.74 Å². The van der Waals surface area contributed by atoms with Crippen LogP contribution >= 0.6 is 11.8 Å². The van der Waals surface area contributed by atoms with Crippen molar-refractivity contribution in [3.05, 3.63) is 54.6 Å². The van der Waals surface area contributed by atoms with E-state index in [0.717, 1.165) is 15.5 Å². The van der Waals surface area contributed by atoms with Crippen molar-refractivity contribution in [1.29, 1.82) is 0 Å². The van der Waals surface area contributed by atoms with Crippen molar-refractivity contribution in [3.63, 3.8) is 0 Å². The van der Waals surface area contributed by atoms with Gasteiger partial charge in [0.05, 0.1) is 11.1 Å². The first-order valence-corrected chi connectivity index (χ1v) is 9.99. The van der Waals surface area contributed by atoms with Crippen molar-refractivity contribution in [2.75, 3.05) is 5.32 Å². The van der Waals surface area contributed by atoms with Gasteiger partial charge in [-0.2, -0.15) is 0 Å². The molecule has 1 heterocycles. The lowest BCUT2D eigenvalue weighted by Gasteiger charge is -2.35. The van der Waals surface area contributed by atoms with Gasteiger partial charge < -0.3 is 10.1 Å². The summed E-state index contributed by atoms with van der Waals surface area (Å²) >= 11 is 1.59. The summed E-state index contributed by atoms with van der Waals surface area (Å²) in [5, 5.41) is 3.05. The number of esters is 1. The SMILES string of the molecule is CC12CCC(C(=O)Nc3ccccc3Sc3ccccc3)(OC1=O)C2(C)C. The van der Waals surface area contributed by atoms with Crippen LogP contribution in [0.1, 0.15) is 33.6 Å². The molecule has 0 aromatic heterocycles. The Hall–Kier alpha value is -2.27. The fourth-order valence-electron chi connectivity index (χ4n) is 4.24. The van der Waals surface area contributed by atoms with Crippen LogP contribution in [0.25, 0.3) is 0 Å². The van der Waals surface area contributed by atoms with Crippen molar-refractivity contribution >= 4 is 29.3 Å². The molecule has 2 fully saturated rings. The average molecular weight is 381 g/mol. The highest BCUT2D eigenvalue weighted by Crippen LogP contribution is 2.65. The van der Waals surface area contributed by atoms with E-state index in [0.29, 0.717) is 12.8 Å². The van der Waals surface area contributed by atoms with E-state index in [9.17, 15) is 9.59 Å². The van der Waals surface area contributed by atoms with Gasteiger partial charge in [-0.25, -0.2) is 0 Å². The summed E-state index contributed by atoms with van der Waals surface area (Å²) in [6.07, 6.45) is 1.23. The standard InChI is InChI=1S/C22H23NO3S/c1-20(2)21(3)13-14-22(20,26-19(21)25)18(24)23-16-11-7-8-12-17(16)27-15-9-5-4-6-10-15/h4-12H,13-14H2,1-3H3,(H,23,24). The van der Waals surface area contributed by atoms with E-state index in [2.05, 4.69) is 5.32 Å². The molecule has 1 aliphatic carbocycles. The summed E-state index contributed by atoms with van der Waals surface area (Å²) in [5.74, 6) is -0.496. The maximum absolute atomic E-state index is 13.3. The van der Waals surface area contributed by atoms with Crippen LogP contribution in [0.5, 0.6) is 0 Å². The number of carbonyl (C=O) groups is 2. The normalized spacial score (nSPS) is 28.0. The van der Waals surface area contributed by atoms with Crippen LogP contribution in [0, 0.1) is 10.8 Å². The Morgan fingerprint density at radius 3 is 2.30 bits per heavy atom. The molecule has 1 saturated heterocycles. The lowest BCUT2D eigenvalue weighted by Crippen LogP contribution is -2.50. The molecule has 2 aromatic rings. The van der Waals surface area contributed by atoms with Gasteiger partial charge in [0, 0.05) is 15.2 Å². The molecule has 1 amide bonds. The first-order valence-electron chi connectivity index (χ1n) is 9.17. The third kappa shape index (κ3) is 2.52. The first kappa shape index (κ1) is 18.1. The number of anilines is 1. The molecule has 27 heavy (non-hydrogen) atoms. The molecule has 2 aliphatic rings. The second-order valence-corrected chi connectivity index (χ2v) is 9.15. The number of ether oxygens (including phenoxy) is 1. The van der Waals surface area contributed by atoms with Crippen molar-refractivity contribution in [1.82, 2.24) is 0 Å². The summed E-state index contributed by atoms with van der Waals surface area (Å²) in [5.41, 5.74) is -1.53. The average Bonchev–Trinajstić information content (AvgIpc) is 2.94. The second-order valence-electron chi connectivity index (χ2n) is 8.04. The zero-order chi connectivity index (χ0) is 19.3. The Morgan fingerprint density at radius 2 is 1.67 bits per heavy atom. The molecular weight excluding hydrogens is 358 g/mol. The van der Waals surface area contributed by atoms with Gasteiger partial charge in [-0.15, -0.1) is 0 Å². The van der Waals surface area contributed by atoms with Crippen molar-refractivity contribution < 1.29 is 14.3 Å². The minimum Gasteiger partial charge on any atom is -0.448 e. The van der Waals surface area contributed by atoms with Crippen LogP contribution in [0.2, 0.25) is 0 Å². The predicted octanol–water partition coefficient (Wildman–Crippen LogP) is 4.90. The third-order valence-electron chi connectivity index (χ3n) is 6.56. The van der Waals surface area contributed by atoms with Gasteiger partial charge in [0.2, 0.25) is 0 Å². The highest BCUT2D eigenvalue weighted by atomic mass is 32.2. The molecule has 4 rings (SSSR count). The number of carbonyl (C=O) groups excluding carboxylic acids is 2. The number of amides is 1. The quantitative estimate of drug-likeness (QED) is 0.766. The van der Waals surface area contributed by atoms with Crippen LogP contribution in [0.15, 0.2) is 64.4 Å². The number of nitrogens with one attached hydrogen (secondary N) is 1. The Balaban J connectivity index is 1.62. The summed E-state index contributed by atoms with van der Waals surface area (Å²) in [7, 11) is 0. The fraction of sp³-hybridized carbons (Fsp3) is 0.364. The zero-order valence-corrected chi connectivity index (χ0v) is 16.6. The maximum Gasteiger partial charge on any atom is 0.313 e. The summed E-state index contributed by atoms with van der Waals surface area (Å²) < 4.78 is 5.70. The molecule has 2 aromatic carbocycles. The minimum absolute atomic E-state index is 0.233. The van der Waals surface area contributed by atoms with Crippen LogP contribution < -0.4 is 5.32 Å². The van der Waals surface area contributed by atoms with E-state index in [1.165, 1.54) is 0 Å². The number of hydrogen-bond donors (Lipinski definition) is 1. The summed E-state index contributed by atoms with van der Waals surface area (Å²) in [4.78, 5) is 27.8. The highest BCUT2D eigenvalue weighted by molar-refractivity contribution is 7.99. The molecule has 0 spiro atoms. The van der Waals surface area contributed by atoms with Crippen molar-refractivity contribution in [3.8, 4) is 0 Å². The van der Waals surface area contributed by atoms with Crippen LogP contribution in [0.4, 0.5) is 5.69 Å². The van der Waals surface area contributed by atoms with E-state index in [1.807, 2.05) is 75.4 Å². The third-order valence-corrected chi connectivity index (χ3v) is 7.64.